The van der Waals surface area contributed by atoms with Crippen LogP contribution in [0.3, 0.4) is 0 Å². The molecule has 0 saturated heterocycles. The molecule has 0 bridgehead atoms. The zero-order valence-corrected chi connectivity index (χ0v) is 14.3. The Morgan fingerprint density at radius 1 is 1.04 bits per heavy atom. The Labute approximate surface area is 144 Å². The second-order valence-electron chi connectivity index (χ2n) is 5.20. The van der Waals surface area contributed by atoms with E-state index in [0.29, 0.717) is 5.69 Å². The third-order valence-electron chi connectivity index (χ3n) is 3.19. The SMILES string of the molecule is CC(=O)Nc1ccc(S(=O)(=O)N/N=C(/C)c2cc(O)ccc2O)cc1. The molecule has 8 nitrogen and oxygen atoms in total. The zero-order valence-electron chi connectivity index (χ0n) is 13.5. The van der Waals surface area contributed by atoms with E-state index < -0.39 is 10.0 Å². The number of carbonyl (C=O) groups is 1. The number of phenols is 2. The molecule has 2 rings (SSSR count). The summed E-state index contributed by atoms with van der Waals surface area (Å²) in [6, 6.07) is 9.40. The van der Waals surface area contributed by atoms with Crippen LogP contribution in [0.4, 0.5) is 5.69 Å². The van der Waals surface area contributed by atoms with Gasteiger partial charge in [0.2, 0.25) is 5.91 Å². The molecule has 0 atom stereocenters. The van der Waals surface area contributed by atoms with Crippen LogP contribution in [0.25, 0.3) is 0 Å². The summed E-state index contributed by atoms with van der Waals surface area (Å²) in [6.07, 6.45) is 0. The third-order valence-corrected chi connectivity index (χ3v) is 4.41. The fraction of sp³-hybridized carbons (Fsp3) is 0.125. The number of amides is 1. The highest BCUT2D eigenvalue weighted by Gasteiger charge is 2.14. The molecule has 0 heterocycles. The summed E-state index contributed by atoms with van der Waals surface area (Å²) in [4.78, 5) is 13.0. The van der Waals surface area contributed by atoms with Crippen molar-refractivity contribution in [2.75, 3.05) is 5.32 Å². The summed E-state index contributed by atoms with van der Waals surface area (Å²) in [5, 5.41) is 25.5. The predicted octanol–water partition coefficient (Wildman–Crippen LogP) is 1.76. The van der Waals surface area contributed by atoms with Gasteiger partial charge in [0, 0.05) is 18.2 Å². The van der Waals surface area contributed by atoms with Crippen molar-refractivity contribution in [3.8, 4) is 11.5 Å². The van der Waals surface area contributed by atoms with E-state index in [1.54, 1.807) is 0 Å². The summed E-state index contributed by atoms with van der Waals surface area (Å²) in [5.74, 6) is -0.489. The van der Waals surface area contributed by atoms with Gasteiger partial charge in [-0.2, -0.15) is 18.4 Å². The fourth-order valence-corrected chi connectivity index (χ4v) is 2.83. The molecule has 2 aromatic carbocycles. The molecule has 2 aromatic rings. The molecular weight excluding hydrogens is 346 g/mol. The van der Waals surface area contributed by atoms with E-state index in [1.807, 2.05) is 0 Å². The van der Waals surface area contributed by atoms with Gasteiger partial charge in [-0.05, 0) is 49.4 Å². The van der Waals surface area contributed by atoms with E-state index in [2.05, 4.69) is 15.2 Å². The number of hydrogen-bond donors (Lipinski definition) is 4. The van der Waals surface area contributed by atoms with E-state index in [0.717, 1.165) is 0 Å². The van der Waals surface area contributed by atoms with Gasteiger partial charge in [-0.1, -0.05) is 0 Å². The highest BCUT2D eigenvalue weighted by molar-refractivity contribution is 7.89. The van der Waals surface area contributed by atoms with Gasteiger partial charge < -0.3 is 15.5 Å². The van der Waals surface area contributed by atoms with Gasteiger partial charge in [-0.25, -0.2) is 0 Å². The number of carbonyl (C=O) groups excluding carboxylic acids is 1. The number of phenolic OH excluding ortho intramolecular Hbond substituents is 2. The Morgan fingerprint density at radius 2 is 1.68 bits per heavy atom. The largest absolute Gasteiger partial charge is 0.508 e. The minimum atomic E-state index is -3.93. The van der Waals surface area contributed by atoms with Crippen LogP contribution < -0.4 is 10.1 Å². The molecule has 0 aliphatic rings. The van der Waals surface area contributed by atoms with E-state index in [-0.39, 0.29) is 33.6 Å². The second-order valence-corrected chi connectivity index (χ2v) is 6.86. The minimum Gasteiger partial charge on any atom is -0.508 e. The van der Waals surface area contributed by atoms with Gasteiger partial charge in [0.1, 0.15) is 11.5 Å². The van der Waals surface area contributed by atoms with Crippen molar-refractivity contribution >= 4 is 27.3 Å². The maximum Gasteiger partial charge on any atom is 0.276 e. The number of sulfonamides is 1. The summed E-state index contributed by atoms with van der Waals surface area (Å²) in [6.45, 7) is 2.83. The molecule has 0 fully saturated rings. The molecule has 0 saturated carbocycles. The van der Waals surface area contributed by atoms with Crippen molar-refractivity contribution in [3.63, 3.8) is 0 Å². The van der Waals surface area contributed by atoms with Gasteiger partial charge >= 0.3 is 0 Å². The number of anilines is 1. The standard InChI is InChI=1S/C16H17N3O5S/c1-10(15-9-13(21)5-8-16(15)22)18-19-25(23,24)14-6-3-12(4-7-14)17-11(2)20/h3-9,19,21-22H,1-2H3,(H,17,20)/b18-10-. The summed E-state index contributed by atoms with van der Waals surface area (Å²) in [7, 11) is -3.93. The predicted molar refractivity (Wildman–Crippen MR) is 93.0 cm³/mol. The average molecular weight is 363 g/mol. The Hall–Kier alpha value is -3.07. The van der Waals surface area contributed by atoms with Crippen LogP contribution >= 0.6 is 0 Å². The molecule has 1 amide bonds. The monoisotopic (exact) mass is 363 g/mol. The van der Waals surface area contributed by atoms with Gasteiger partial charge in [0.05, 0.1) is 10.6 Å². The molecule has 0 radical (unpaired) electrons. The van der Waals surface area contributed by atoms with Crippen molar-refractivity contribution in [1.82, 2.24) is 4.83 Å². The second kappa shape index (κ2) is 7.22. The molecular formula is C16H17N3O5S. The maximum atomic E-state index is 12.2. The van der Waals surface area contributed by atoms with Crippen molar-refractivity contribution in [2.24, 2.45) is 5.10 Å². The quantitative estimate of drug-likeness (QED) is 0.366. The first-order chi connectivity index (χ1) is 11.7. The van der Waals surface area contributed by atoms with Crippen molar-refractivity contribution in [1.29, 1.82) is 0 Å². The first-order valence-electron chi connectivity index (χ1n) is 7.15. The topological polar surface area (TPSA) is 128 Å². The van der Waals surface area contributed by atoms with E-state index in [1.165, 1.54) is 56.3 Å². The molecule has 132 valence electrons. The van der Waals surface area contributed by atoms with E-state index in [4.69, 9.17) is 0 Å². The number of nitrogens with one attached hydrogen (secondary N) is 2. The first kappa shape index (κ1) is 18.3. The lowest BCUT2D eigenvalue weighted by atomic mass is 10.1. The smallest absolute Gasteiger partial charge is 0.276 e. The summed E-state index contributed by atoms with van der Waals surface area (Å²) in [5.41, 5.74) is 0.839. The minimum absolute atomic E-state index is 0.0433. The summed E-state index contributed by atoms with van der Waals surface area (Å²) >= 11 is 0. The number of hydrazone groups is 1. The molecule has 25 heavy (non-hydrogen) atoms. The maximum absolute atomic E-state index is 12.2. The fourth-order valence-electron chi connectivity index (χ4n) is 1.98. The molecule has 9 heteroatoms. The average Bonchev–Trinajstić information content (AvgIpc) is 2.55. The lowest BCUT2D eigenvalue weighted by molar-refractivity contribution is -0.114. The van der Waals surface area contributed by atoms with Crippen molar-refractivity contribution in [2.45, 2.75) is 18.7 Å². The van der Waals surface area contributed by atoms with Gasteiger partial charge in [-0.15, -0.1) is 0 Å². The van der Waals surface area contributed by atoms with Crippen LogP contribution in [0.15, 0.2) is 52.5 Å². The van der Waals surface area contributed by atoms with Crippen LogP contribution in [-0.4, -0.2) is 30.2 Å². The zero-order chi connectivity index (χ0) is 18.6. The number of benzene rings is 2. The van der Waals surface area contributed by atoms with Crippen LogP contribution in [0.5, 0.6) is 11.5 Å². The lowest BCUT2D eigenvalue weighted by Gasteiger charge is -2.08. The van der Waals surface area contributed by atoms with E-state index >= 15 is 0 Å². The number of aromatic hydroxyl groups is 2. The van der Waals surface area contributed by atoms with Crippen LogP contribution in [0.1, 0.15) is 19.4 Å². The van der Waals surface area contributed by atoms with Gasteiger partial charge in [-0.3, -0.25) is 4.79 Å². The Balaban J connectivity index is 2.20. The van der Waals surface area contributed by atoms with Crippen molar-refractivity contribution in [3.05, 3.63) is 48.0 Å². The van der Waals surface area contributed by atoms with Crippen LogP contribution in [0.2, 0.25) is 0 Å². The van der Waals surface area contributed by atoms with Crippen LogP contribution in [0, 0.1) is 0 Å². The highest BCUT2D eigenvalue weighted by atomic mass is 32.2. The van der Waals surface area contributed by atoms with Gasteiger partial charge in [0.25, 0.3) is 10.0 Å². The van der Waals surface area contributed by atoms with E-state index in [9.17, 15) is 23.4 Å². The Bertz CT molecular complexity index is 921. The van der Waals surface area contributed by atoms with Crippen LogP contribution in [-0.2, 0) is 14.8 Å². The van der Waals surface area contributed by atoms with Gasteiger partial charge in [0.15, 0.2) is 0 Å². The molecule has 0 aliphatic heterocycles. The first-order valence-corrected chi connectivity index (χ1v) is 8.63. The molecule has 4 N–H and O–H groups in total. The highest BCUT2D eigenvalue weighted by Crippen LogP contribution is 2.22. The molecule has 0 aliphatic carbocycles. The third kappa shape index (κ3) is 4.70. The summed E-state index contributed by atoms with van der Waals surface area (Å²) < 4.78 is 24.5. The lowest BCUT2D eigenvalue weighted by Crippen LogP contribution is -2.20. The number of nitrogens with zero attached hydrogens (tertiary/aromatic N) is 1. The number of hydrogen-bond acceptors (Lipinski definition) is 6. The molecule has 0 unspecified atom stereocenters. The Morgan fingerprint density at radius 3 is 2.28 bits per heavy atom. The molecule has 0 aromatic heterocycles. The number of rotatable bonds is 5. The normalized spacial score (nSPS) is 11.8. The van der Waals surface area contributed by atoms with Crippen molar-refractivity contribution < 1.29 is 23.4 Å². The Kier molecular flexibility index (Phi) is 5.28. The molecule has 0 spiro atoms.